The smallest absolute Gasteiger partial charge is 0.243 e. The molecule has 0 aliphatic heterocycles. The molecule has 2 rings (SSSR count). The minimum atomic E-state index is 0.562. The average molecular weight is 417 g/mol. The van der Waals surface area contributed by atoms with Crippen LogP contribution in [0.25, 0.3) is 0 Å². The molecule has 2 aromatic rings. The Bertz CT molecular complexity index is 606. The zero-order chi connectivity index (χ0) is 15.2. The first-order valence-electron chi connectivity index (χ1n) is 6.37. The second-order valence-corrected chi connectivity index (χ2v) is 5.86. The van der Waals surface area contributed by atoms with Crippen molar-refractivity contribution in [2.75, 3.05) is 11.9 Å². The second kappa shape index (κ2) is 7.56. The molecule has 21 heavy (non-hydrogen) atoms. The van der Waals surface area contributed by atoms with E-state index < -0.39 is 0 Å². The normalized spacial score (nSPS) is 10.4. The molecule has 0 aliphatic carbocycles. The van der Waals surface area contributed by atoms with E-state index in [9.17, 15) is 0 Å². The van der Waals surface area contributed by atoms with Crippen LogP contribution in [-0.4, -0.2) is 26.8 Å². The third-order valence-electron chi connectivity index (χ3n) is 2.63. The van der Waals surface area contributed by atoms with Gasteiger partial charge in [0.15, 0.2) is 0 Å². The fourth-order valence-electron chi connectivity index (χ4n) is 1.75. The van der Waals surface area contributed by atoms with Crippen LogP contribution in [0.1, 0.15) is 12.5 Å². The number of ether oxygens (including phenoxy) is 1. The van der Waals surface area contributed by atoms with E-state index in [1.807, 2.05) is 19.1 Å². The fraction of sp³-hybridized carbons (Fsp3) is 0.308. The third kappa shape index (κ3) is 4.04. The lowest BCUT2D eigenvalue weighted by molar-refractivity contribution is 0.336. The number of nitrogens with zero attached hydrogens (tertiary/aromatic N) is 4. The first-order valence-corrected chi connectivity index (χ1v) is 7.96. The van der Waals surface area contributed by atoms with Crippen LogP contribution in [0, 0.1) is 0 Å². The predicted molar refractivity (Wildman–Crippen MR) is 88.4 cm³/mol. The Labute approximate surface area is 139 Å². The number of hydrogen-bond acceptors (Lipinski definition) is 5. The van der Waals surface area contributed by atoms with Crippen LogP contribution in [0.5, 0.6) is 5.75 Å². The standard InChI is InChI=1S/C13H15Br2N5O/c1-3-5-20-13(17-18-19-20)16-8-9-6-10(14)12(21-4-2)11(15)7-9/h3,6-7H,1,4-5,8H2,2H3,(H,16,17,19). The van der Waals surface area contributed by atoms with Gasteiger partial charge in [-0.3, -0.25) is 0 Å². The number of halogens is 2. The highest BCUT2D eigenvalue weighted by Crippen LogP contribution is 2.34. The molecule has 0 bridgehead atoms. The van der Waals surface area contributed by atoms with Crippen LogP contribution >= 0.6 is 31.9 Å². The van der Waals surface area contributed by atoms with Crippen LogP contribution in [0.4, 0.5) is 5.95 Å². The molecule has 0 aliphatic rings. The summed E-state index contributed by atoms with van der Waals surface area (Å²) >= 11 is 7.03. The van der Waals surface area contributed by atoms with Gasteiger partial charge in [0.1, 0.15) is 5.75 Å². The monoisotopic (exact) mass is 415 g/mol. The first-order chi connectivity index (χ1) is 10.2. The highest BCUT2D eigenvalue weighted by atomic mass is 79.9. The summed E-state index contributed by atoms with van der Waals surface area (Å²) in [4.78, 5) is 0. The maximum absolute atomic E-state index is 5.56. The third-order valence-corrected chi connectivity index (χ3v) is 3.81. The van der Waals surface area contributed by atoms with Crippen LogP contribution in [0.3, 0.4) is 0 Å². The van der Waals surface area contributed by atoms with Gasteiger partial charge in [0.2, 0.25) is 5.95 Å². The number of allylic oxidation sites excluding steroid dienone is 1. The average Bonchev–Trinajstić information content (AvgIpc) is 2.88. The zero-order valence-electron chi connectivity index (χ0n) is 11.5. The molecule has 1 heterocycles. The van der Waals surface area contributed by atoms with Crippen molar-refractivity contribution < 1.29 is 4.74 Å². The second-order valence-electron chi connectivity index (χ2n) is 4.15. The molecule has 0 fully saturated rings. The van der Waals surface area contributed by atoms with Gasteiger partial charge in [-0.25, -0.2) is 4.68 Å². The number of hydrogen-bond donors (Lipinski definition) is 1. The molecule has 1 N–H and O–H groups in total. The van der Waals surface area contributed by atoms with Crippen molar-refractivity contribution in [1.29, 1.82) is 0 Å². The topological polar surface area (TPSA) is 64.9 Å². The lowest BCUT2D eigenvalue weighted by Gasteiger charge is -2.11. The Morgan fingerprint density at radius 1 is 1.38 bits per heavy atom. The number of aromatic nitrogens is 4. The number of benzene rings is 1. The molecular formula is C13H15Br2N5O. The first kappa shape index (κ1) is 16.0. The molecule has 0 atom stereocenters. The van der Waals surface area contributed by atoms with Gasteiger partial charge in [0.05, 0.1) is 22.1 Å². The lowest BCUT2D eigenvalue weighted by atomic mass is 10.2. The van der Waals surface area contributed by atoms with E-state index in [0.29, 0.717) is 25.6 Å². The number of rotatable bonds is 7. The van der Waals surface area contributed by atoms with E-state index in [4.69, 9.17) is 4.74 Å². The van der Waals surface area contributed by atoms with Gasteiger partial charge in [0.25, 0.3) is 0 Å². The van der Waals surface area contributed by atoms with Crippen molar-refractivity contribution >= 4 is 37.8 Å². The Balaban J connectivity index is 2.10. The molecule has 0 unspecified atom stereocenters. The van der Waals surface area contributed by atoms with Crippen LogP contribution in [0.15, 0.2) is 33.7 Å². The Hall–Kier alpha value is -1.41. The van der Waals surface area contributed by atoms with Gasteiger partial charge >= 0.3 is 0 Å². The van der Waals surface area contributed by atoms with Gasteiger partial charge in [-0.15, -0.1) is 6.58 Å². The van der Waals surface area contributed by atoms with Gasteiger partial charge in [-0.2, -0.15) is 0 Å². The molecule has 8 heteroatoms. The van der Waals surface area contributed by atoms with Gasteiger partial charge in [-0.05, 0) is 66.9 Å². The molecule has 0 saturated carbocycles. The highest BCUT2D eigenvalue weighted by molar-refractivity contribution is 9.11. The Morgan fingerprint density at radius 3 is 2.71 bits per heavy atom. The van der Waals surface area contributed by atoms with Crippen molar-refractivity contribution in [2.24, 2.45) is 0 Å². The summed E-state index contributed by atoms with van der Waals surface area (Å²) in [5, 5.41) is 14.6. The van der Waals surface area contributed by atoms with E-state index in [0.717, 1.165) is 20.3 Å². The summed E-state index contributed by atoms with van der Waals surface area (Å²) in [6.07, 6.45) is 1.74. The maximum atomic E-state index is 5.56. The minimum absolute atomic E-state index is 0.562. The van der Waals surface area contributed by atoms with Crippen molar-refractivity contribution in [3.05, 3.63) is 39.3 Å². The highest BCUT2D eigenvalue weighted by Gasteiger charge is 2.10. The summed E-state index contributed by atoms with van der Waals surface area (Å²) in [6.45, 7) is 7.40. The van der Waals surface area contributed by atoms with E-state index in [1.165, 1.54) is 0 Å². The minimum Gasteiger partial charge on any atom is -0.492 e. The molecule has 0 spiro atoms. The van der Waals surface area contributed by atoms with Crippen LogP contribution < -0.4 is 10.1 Å². The molecule has 0 amide bonds. The summed E-state index contributed by atoms with van der Waals surface area (Å²) in [5.41, 5.74) is 1.07. The molecular weight excluding hydrogens is 402 g/mol. The van der Waals surface area contributed by atoms with E-state index in [1.54, 1.807) is 10.8 Å². The van der Waals surface area contributed by atoms with Crippen molar-refractivity contribution in [3.63, 3.8) is 0 Å². The van der Waals surface area contributed by atoms with Gasteiger partial charge in [0, 0.05) is 6.54 Å². The van der Waals surface area contributed by atoms with Crippen LogP contribution in [-0.2, 0) is 13.1 Å². The summed E-state index contributed by atoms with van der Waals surface area (Å²) in [5.74, 6) is 1.41. The zero-order valence-corrected chi connectivity index (χ0v) is 14.7. The Kier molecular flexibility index (Phi) is 5.75. The quantitative estimate of drug-likeness (QED) is 0.700. The lowest BCUT2D eigenvalue weighted by Crippen LogP contribution is -2.08. The fourth-order valence-corrected chi connectivity index (χ4v) is 3.26. The van der Waals surface area contributed by atoms with E-state index in [-0.39, 0.29) is 0 Å². The van der Waals surface area contributed by atoms with E-state index >= 15 is 0 Å². The van der Waals surface area contributed by atoms with E-state index in [2.05, 4.69) is 59.3 Å². The van der Waals surface area contributed by atoms with Gasteiger partial charge in [-0.1, -0.05) is 11.2 Å². The van der Waals surface area contributed by atoms with Crippen molar-refractivity contribution in [2.45, 2.75) is 20.0 Å². The molecule has 0 saturated heterocycles. The molecule has 1 aromatic heterocycles. The predicted octanol–water partition coefficient (Wildman–Crippen LogP) is 3.39. The SMILES string of the molecule is C=CCn1nnnc1NCc1cc(Br)c(OCC)c(Br)c1. The summed E-state index contributed by atoms with van der Waals surface area (Å²) in [6, 6.07) is 4.01. The number of nitrogens with one attached hydrogen (secondary N) is 1. The molecule has 0 radical (unpaired) electrons. The van der Waals surface area contributed by atoms with Crippen molar-refractivity contribution in [3.8, 4) is 5.75 Å². The maximum Gasteiger partial charge on any atom is 0.243 e. The van der Waals surface area contributed by atoms with Crippen LogP contribution in [0.2, 0.25) is 0 Å². The van der Waals surface area contributed by atoms with Gasteiger partial charge < -0.3 is 10.1 Å². The summed E-state index contributed by atoms with van der Waals surface area (Å²) < 4.78 is 9.01. The molecule has 1 aromatic carbocycles. The Morgan fingerprint density at radius 2 is 2.10 bits per heavy atom. The van der Waals surface area contributed by atoms with Crippen molar-refractivity contribution in [1.82, 2.24) is 20.2 Å². The largest absolute Gasteiger partial charge is 0.492 e. The number of anilines is 1. The molecule has 112 valence electrons. The summed E-state index contributed by atoms with van der Waals surface area (Å²) in [7, 11) is 0. The molecule has 6 nitrogen and oxygen atoms in total. The number of tetrazole rings is 1.